The van der Waals surface area contributed by atoms with Crippen molar-refractivity contribution in [1.29, 1.82) is 0 Å². The lowest BCUT2D eigenvalue weighted by molar-refractivity contribution is -0.137. The van der Waals surface area contributed by atoms with Crippen LogP contribution >= 0.6 is 0 Å². The molecule has 1 saturated heterocycles. The lowest BCUT2D eigenvalue weighted by Crippen LogP contribution is -2.49. The molecule has 0 saturated carbocycles. The molecule has 204 valence electrons. The number of alkyl halides is 3. The average Bonchev–Trinajstić information content (AvgIpc) is 2.88. The third-order valence-corrected chi connectivity index (χ3v) is 7.41. The van der Waals surface area contributed by atoms with E-state index >= 15 is 0 Å². The van der Waals surface area contributed by atoms with Crippen LogP contribution in [0.1, 0.15) is 72.3 Å². The smallest absolute Gasteiger partial charge is 0.416 e. The van der Waals surface area contributed by atoms with Gasteiger partial charge in [-0.05, 0) is 81.1 Å². The standard InChI is InChI=1S/C29H40F3N3O2/c1-6-7-20(2)33-14-19-37-27-13-12-26(21(3)22(27)4)23(5)34-15-17-35(18-16-34)28(36)24-8-10-25(11-9-24)29(30,31)32/h8-13,20,23,33H,6-7,14-19H2,1-5H3. The van der Waals surface area contributed by atoms with Crippen molar-refractivity contribution in [2.75, 3.05) is 39.3 Å². The summed E-state index contributed by atoms with van der Waals surface area (Å²) in [6.07, 6.45) is -2.09. The molecular formula is C29H40F3N3O2. The summed E-state index contributed by atoms with van der Waals surface area (Å²) in [6, 6.07) is 9.30. The Kier molecular flexibility index (Phi) is 10.0. The van der Waals surface area contributed by atoms with Crippen LogP contribution in [0.5, 0.6) is 5.75 Å². The maximum absolute atomic E-state index is 12.8. The topological polar surface area (TPSA) is 44.8 Å². The minimum Gasteiger partial charge on any atom is -0.492 e. The molecule has 2 aromatic rings. The number of carbonyl (C=O) groups is 1. The van der Waals surface area contributed by atoms with Crippen LogP contribution in [-0.2, 0) is 6.18 Å². The molecule has 8 heteroatoms. The monoisotopic (exact) mass is 519 g/mol. The van der Waals surface area contributed by atoms with Crippen molar-refractivity contribution in [3.63, 3.8) is 0 Å². The van der Waals surface area contributed by atoms with Crippen molar-refractivity contribution in [2.45, 2.75) is 65.7 Å². The zero-order chi connectivity index (χ0) is 27.2. The number of carbonyl (C=O) groups excluding carboxylic acids is 1. The number of hydrogen-bond acceptors (Lipinski definition) is 4. The number of halogens is 3. The largest absolute Gasteiger partial charge is 0.492 e. The van der Waals surface area contributed by atoms with Gasteiger partial charge in [-0.1, -0.05) is 19.4 Å². The molecule has 3 rings (SSSR count). The second-order valence-corrected chi connectivity index (χ2v) is 9.97. The molecule has 2 unspecified atom stereocenters. The Balaban J connectivity index is 1.55. The van der Waals surface area contributed by atoms with Crippen molar-refractivity contribution in [1.82, 2.24) is 15.1 Å². The predicted octanol–water partition coefficient (Wildman–Crippen LogP) is 6.00. The summed E-state index contributed by atoms with van der Waals surface area (Å²) in [5.74, 6) is 0.679. The molecule has 0 radical (unpaired) electrons. The van der Waals surface area contributed by atoms with E-state index in [2.05, 4.69) is 50.9 Å². The normalized spacial score (nSPS) is 16.5. The minimum atomic E-state index is -4.41. The Bertz CT molecular complexity index is 1030. The summed E-state index contributed by atoms with van der Waals surface area (Å²) >= 11 is 0. The SMILES string of the molecule is CCCC(C)NCCOc1ccc(C(C)N2CCN(C(=O)c3ccc(C(F)(F)F)cc3)CC2)c(C)c1C. The molecule has 0 spiro atoms. The number of benzene rings is 2. The predicted molar refractivity (Wildman–Crippen MR) is 141 cm³/mol. The Morgan fingerprint density at radius 3 is 2.24 bits per heavy atom. The average molecular weight is 520 g/mol. The van der Waals surface area contributed by atoms with Crippen molar-refractivity contribution < 1.29 is 22.7 Å². The fraction of sp³-hybridized carbons (Fsp3) is 0.552. The van der Waals surface area contributed by atoms with Gasteiger partial charge in [-0.2, -0.15) is 13.2 Å². The maximum Gasteiger partial charge on any atom is 0.416 e. The number of nitrogens with one attached hydrogen (secondary N) is 1. The van der Waals surface area contributed by atoms with Crippen molar-refractivity contribution >= 4 is 5.91 Å². The molecule has 1 aliphatic heterocycles. The first kappa shape index (κ1) is 29.0. The second kappa shape index (κ2) is 12.8. The summed E-state index contributed by atoms with van der Waals surface area (Å²) < 4.78 is 44.5. The van der Waals surface area contributed by atoms with Crippen LogP contribution in [0.3, 0.4) is 0 Å². The van der Waals surface area contributed by atoms with Gasteiger partial charge in [0.15, 0.2) is 0 Å². The lowest BCUT2D eigenvalue weighted by Gasteiger charge is -2.39. The maximum atomic E-state index is 12.8. The van der Waals surface area contributed by atoms with Gasteiger partial charge in [0.2, 0.25) is 0 Å². The minimum absolute atomic E-state index is 0.174. The number of piperazine rings is 1. The molecular weight excluding hydrogens is 479 g/mol. The van der Waals surface area contributed by atoms with Crippen LogP contribution in [0.2, 0.25) is 0 Å². The van der Waals surface area contributed by atoms with Gasteiger partial charge in [-0.3, -0.25) is 9.69 Å². The van der Waals surface area contributed by atoms with E-state index in [4.69, 9.17) is 4.74 Å². The summed E-state index contributed by atoms with van der Waals surface area (Å²) in [6.45, 7) is 14.7. The summed E-state index contributed by atoms with van der Waals surface area (Å²) in [5, 5.41) is 3.49. The Morgan fingerprint density at radius 1 is 1.00 bits per heavy atom. The zero-order valence-electron chi connectivity index (χ0n) is 22.6. The van der Waals surface area contributed by atoms with Crippen molar-refractivity contribution in [3.05, 3.63) is 64.2 Å². The molecule has 1 heterocycles. The fourth-order valence-electron chi connectivity index (χ4n) is 4.92. The van der Waals surface area contributed by atoms with E-state index in [-0.39, 0.29) is 17.5 Å². The van der Waals surface area contributed by atoms with E-state index in [1.54, 1.807) is 4.90 Å². The highest BCUT2D eigenvalue weighted by Crippen LogP contribution is 2.32. The molecule has 1 amide bonds. The highest BCUT2D eigenvalue weighted by molar-refractivity contribution is 5.94. The number of ether oxygens (including phenoxy) is 1. The third-order valence-electron chi connectivity index (χ3n) is 7.41. The van der Waals surface area contributed by atoms with Gasteiger partial charge in [0.25, 0.3) is 5.91 Å². The van der Waals surface area contributed by atoms with Crippen LogP contribution in [0, 0.1) is 13.8 Å². The molecule has 0 bridgehead atoms. The first-order valence-electron chi connectivity index (χ1n) is 13.2. The quantitative estimate of drug-likeness (QED) is 0.391. The highest BCUT2D eigenvalue weighted by Gasteiger charge is 2.31. The van der Waals surface area contributed by atoms with Gasteiger partial charge in [0.1, 0.15) is 12.4 Å². The highest BCUT2D eigenvalue weighted by atomic mass is 19.4. The molecule has 1 aliphatic rings. The third kappa shape index (κ3) is 7.48. The van der Waals surface area contributed by atoms with Crippen LogP contribution in [0.15, 0.2) is 36.4 Å². The number of amides is 1. The van der Waals surface area contributed by atoms with Crippen LogP contribution in [-0.4, -0.2) is 61.1 Å². The number of nitrogens with zero attached hydrogens (tertiary/aromatic N) is 2. The van der Waals surface area contributed by atoms with E-state index in [1.807, 2.05) is 6.07 Å². The van der Waals surface area contributed by atoms with E-state index in [9.17, 15) is 18.0 Å². The Hall–Kier alpha value is -2.58. The van der Waals surface area contributed by atoms with Gasteiger partial charge in [0, 0.05) is 50.4 Å². The molecule has 0 aromatic heterocycles. The molecule has 2 aromatic carbocycles. The second-order valence-electron chi connectivity index (χ2n) is 9.97. The molecule has 1 fully saturated rings. The molecule has 1 N–H and O–H groups in total. The summed E-state index contributed by atoms with van der Waals surface area (Å²) in [7, 11) is 0. The van der Waals surface area contributed by atoms with Gasteiger partial charge in [0.05, 0.1) is 5.56 Å². The van der Waals surface area contributed by atoms with Crippen LogP contribution in [0.25, 0.3) is 0 Å². The molecule has 5 nitrogen and oxygen atoms in total. The molecule has 2 atom stereocenters. The van der Waals surface area contributed by atoms with Gasteiger partial charge in [-0.25, -0.2) is 0 Å². The van der Waals surface area contributed by atoms with E-state index < -0.39 is 11.7 Å². The number of hydrogen-bond donors (Lipinski definition) is 1. The summed E-state index contributed by atoms with van der Waals surface area (Å²) in [4.78, 5) is 16.9. The molecule has 0 aliphatic carbocycles. The zero-order valence-corrected chi connectivity index (χ0v) is 22.6. The van der Waals surface area contributed by atoms with Gasteiger partial charge in [-0.15, -0.1) is 0 Å². The number of rotatable bonds is 10. The van der Waals surface area contributed by atoms with E-state index in [1.165, 1.54) is 23.3 Å². The fourth-order valence-corrected chi connectivity index (χ4v) is 4.92. The van der Waals surface area contributed by atoms with Gasteiger partial charge < -0.3 is 15.0 Å². The van der Waals surface area contributed by atoms with E-state index in [0.717, 1.165) is 42.8 Å². The van der Waals surface area contributed by atoms with Crippen LogP contribution in [0.4, 0.5) is 13.2 Å². The lowest BCUT2D eigenvalue weighted by atomic mass is 9.96. The van der Waals surface area contributed by atoms with Crippen molar-refractivity contribution in [2.24, 2.45) is 0 Å². The van der Waals surface area contributed by atoms with Crippen molar-refractivity contribution in [3.8, 4) is 5.75 Å². The van der Waals surface area contributed by atoms with E-state index in [0.29, 0.717) is 38.8 Å². The molecule has 37 heavy (non-hydrogen) atoms. The van der Waals surface area contributed by atoms with Crippen LogP contribution < -0.4 is 10.1 Å². The first-order valence-corrected chi connectivity index (χ1v) is 13.2. The first-order chi connectivity index (χ1) is 17.5. The Labute approximate surface area is 219 Å². The van der Waals surface area contributed by atoms with Gasteiger partial charge >= 0.3 is 6.18 Å². The summed E-state index contributed by atoms with van der Waals surface area (Å²) in [5.41, 5.74) is 3.12. The Morgan fingerprint density at radius 2 is 1.65 bits per heavy atom.